The van der Waals surface area contributed by atoms with E-state index < -0.39 is 5.60 Å². The standard InChI is InChI=1S/C14H16O3/c1-4-5-9-6-10-12(16)8-14(2,3)17-13(10)7-11(9)15/h4,6-7,15H,1,5,8H2,2-3H3. The molecular weight excluding hydrogens is 216 g/mol. The molecule has 1 aliphatic rings. The van der Waals surface area contributed by atoms with Gasteiger partial charge in [-0.25, -0.2) is 0 Å². The Balaban J connectivity index is 2.50. The van der Waals surface area contributed by atoms with Gasteiger partial charge in [0.2, 0.25) is 0 Å². The number of carbonyl (C=O) groups is 1. The van der Waals surface area contributed by atoms with Gasteiger partial charge in [0.15, 0.2) is 5.78 Å². The zero-order valence-electron chi connectivity index (χ0n) is 10.1. The van der Waals surface area contributed by atoms with Crippen LogP contribution in [-0.2, 0) is 6.42 Å². The van der Waals surface area contributed by atoms with Crippen LogP contribution in [0.3, 0.4) is 0 Å². The van der Waals surface area contributed by atoms with Crippen molar-refractivity contribution in [1.29, 1.82) is 0 Å². The molecule has 0 spiro atoms. The van der Waals surface area contributed by atoms with Crippen LogP contribution >= 0.6 is 0 Å². The molecule has 1 aromatic carbocycles. The number of hydrogen-bond donors (Lipinski definition) is 1. The van der Waals surface area contributed by atoms with E-state index in [1.807, 2.05) is 13.8 Å². The molecule has 0 unspecified atom stereocenters. The molecule has 90 valence electrons. The molecule has 3 heteroatoms. The van der Waals surface area contributed by atoms with E-state index in [0.717, 1.165) is 0 Å². The fraction of sp³-hybridized carbons (Fsp3) is 0.357. The first-order valence-corrected chi connectivity index (χ1v) is 5.62. The van der Waals surface area contributed by atoms with E-state index in [0.29, 0.717) is 29.7 Å². The first-order valence-electron chi connectivity index (χ1n) is 5.62. The number of ether oxygens (including phenoxy) is 1. The molecule has 0 aromatic heterocycles. The summed E-state index contributed by atoms with van der Waals surface area (Å²) in [6.07, 6.45) is 2.59. The quantitative estimate of drug-likeness (QED) is 0.797. The molecular formula is C14H16O3. The van der Waals surface area contributed by atoms with Crippen LogP contribution in [0.15, 0.2) is 24.8 Å². The number of phenols is 1. The Morgan fingerprint density at radius 3 is 2.88 bits per heavy atom. The number of Topliss-reactive ketones (excluding diaryl/α,β-unsaturated/α-hetero) is 1. The van der Waals surface area contributed by atoms with Gasteiger partial charge in [0, 0.05) is 6.07 Å². The summed E-state index contributed by atoms with van der Waals surface area (Å²) in [5.74, 6) is 0.673. The number of hydrogen-bond acceptors (Lipinski definition) is 3. The fourth-order valence-corrected chi connectivity index (χ4v) is 2.05. The Labute approximate surface area is 101 Å². The van der Waals surface area contributed by atoms with Gasteiger partial charge in [-0.1, -0.05) is 6.08 Å². The lowest BCUT2D eigenvalue weighted by molar-refractivity contribution is 0.0618. The molecule has 0 bridgehead atoms. The van der Waals surface area contributed by atoms with Gasteiger partial charge in [-0.15, -0.1) is 6.58 Å². The number of fused-ring (bicyclic) bond motifs is 1. The molecule has 0 aliphatic carbocycles. The van der Waals surface area contributed by atoms with Crippen LogP contribution in [0.1, 0.15) is 36.2 Å². The topological polar surface area (TPSA) is 46.5 Å². The third-order valence-corrected chi connectivity index (χ3v) is 2.82. The molecule has 17 heavy (non-hydrogen) atoms. The first-order chi connectivity index (χ1) is 7.93. The smallest absolute Gasteiger partial charge is 0.170 e. The maximum atomic E-state index is 12.0. The molecule has 0 saturated heterocycles. The largest absolute Gasteiger partial charge is 0.508 e. The number of rotatable bonds is 2. The summed E-state index contributed by atoms with van der Waals surface area (Å²) in [6.45, 7) is 7.35. The summed E-state index contributed by atoms with van der Waals surface area (Å²) in [7, 11) is 0. The van der Waals surface area contributed by atoms with E-state index >= 15 is 0 Å². The summed E-state index contributed by atoms with van der Waals surface area (Å²) >= 11 is 0. The average Bonchev–Trinajstić information content (AvgIpc) is 2.19. The van der Waals surface area contributed by atoms with E-state index in [9.17, 15) is 9.90 Å². The lowest BCUT2D eigenvalue weighted by Gasteiger charge is -2.31. The predicted octanol–water partition coefficient (Wildman–Crippen LogP) is 2.86. The van der Waals surface area contributed by atoms with Crippen molar-refractivity contribution in [2.24, 2.45) is 0 Å². The van der Waals surface area contributed by atoms with Gasteiger partial charge in [0.1, 0.15) is 17.1 Å². The van der Waals surface area contributed by atoms with Gasteiger partial charge < -0.3 is 9.84 Å². The second kappa shape index (κ2) is 3.91. The molecule has 0 saturated carbocycles. The number of allylic oxidation sites excluding steroid dienone is 1. The fourth-order valence-electron chi connectivity index (χ4n) is 2.05. The molecule has 0 amide bonds. The number of ketones is 1. The molecule has 2 rings (SSSR count). The Morgan fingerprint density at radius 1 is 1.53 bits per heavy atom. The lowest BCUT2D eigenvalue weighted by Crippen LogP contribution is -2.35. The molecule has 0 atom stereocenters. The van der Waals surface area contributed by atoms with E-state index in [1.54, 1.807) is 12.1 Å². The van der Waals surface area contributed by atoms with Crippen molar-refractivity contribution in [2.75, 3.05) is 0 Å². The second-order valence-electron chi connectivity index (χ2n) is 4.93. The number of aromatic hydroxyl groups is 1. The van der Waals surface area contributed by atoms with Crippen molar-refractivity contribution < 1.29 is 14.6 Å². The zero-order valence-corrected chi connectivity index (χ0v) is 10.1. The first kappa shape index (κ1) is 11.7. The van der Waals surface area contributed by atoms with Crippen LogP contribution < -0.4 is 4.74 Å². The number of phenolic OH excluding ortho intramolecular Hbond substituents is 1. The SMILES string of the molecule is C=CCc1cc2c(cc1O)OC(C)(C)CC2=O. The third kappa shape index (κ3) is 2.18. The summed E-state index contributed by atoms with van der Waals surface area (Å²) < 4.78 is 5.70. The summed E-state index contributed by atoms with van der Waals surface area (Å²) in [4.78, 5) is 12.0. The Kier molecular flexibility index (Phi) is 2.69. The highest BCUT2D eigenvalue weighted by atomic mass is 16.5. The summed E-state index contributed by atoms with van der Waals surface area (Å²) in [6, 6.07) is 3.22. The van der Waals surface area contributed by atoms with Gasteiger partial charge in [-0.3, -0.25) is 4.79 Å². The molecule has 1 N–H and O–H groups in total. The van der Waals surface area contributed by atoms with Crippen molar-refractivity contribution in [3.63, 3.8) is 0 Å². The van der Waals surface area contributed by atoms with Crippen molar-refractivity contribution in [1.82, 2.24) is 0 Å². The van der Waals surface area contributed by atoms with Crippen molar-refractivity contribution in [3.05, 3.63) is 35.9 Å². The third-order valence-electron chi connectivity index (χ3n) is 2.82. The van der Waals surface area contributed by atoms with Gasteiger partial charge in [0.05, 0.1) is 12.0 Å². The van der Waals surface area contributed by atoms with Gasteiger partial charge in [-0.05, 0) is 31.9 Å². The van der Waals surface area contributed by atoms with E-state index in [2.05, 4.69) is 6.58 Å². The summed E-state index contributed by atoms with van der Waals surface area (Å²) in [5.41, 5.74) is 0.755. The van der Waals surface area contributed by atoms with Crippen molar-refractivity contribution >= 4 is 5.78 Å². The van der Waals surface area contributed by atoms with Gasteiger partial charge in [-0.2, -0.15) is 0 Å². The molecule has 1 heterocycles. The predicted molar refractivity (Wildman–Crippen MR) is 65.7 cm³/mol. The van der Waals surface area contributed by atoms with Crippen LogP contribution in [0.4, 0.5) is 0 Å². The zero-order chi connectivity index (χ0) is 12.6. The van der Waals surface area contributed by atoms with Crippen LogP contribution in [-0.4, -0.2) is 16.5 Å². The maximum Gasteiger partial charge on any atom is 0.170 e. The highest BCUT2D eigenvalue weighted by molar-refractivity contribution is 6.00. The molecule has 1 aromatic rings. The minimum absolute atomic E-state index is 0.0570. The number of carbonyl (C=O) groups excluding carboxylic acids is 1. The van der Waals surface area contributed by atoms with Gasteiger partial charge in [0.25, 0.3) is 0 Å². The van der Waals surface area contributed by atoms with E-state index in [-0.39, 0.29) is 11.5 Å². The molecule has 1 aliphatic heterocycles. The Hall–Kier alpha value is -1.77. The van der Waals surface area contributed by atoms with E-state index in [1.165, 1.54) is 6.07 Å². The Morgan fingerprint density at radius 2 is 2.24 bits per heavy atom. The molecule has 0 fully saturated rings. The lowest BCUT2D eigenvalue weighted by atomic mass is 9.91. The minimum atomic E-state index is -0.503. The highest BCUT2D eigenvalue weighted by Crippen LogP contribution is 2.37. The maximum absolute atomic E-state index is 12.0. The molecule has 3 nitrogen and oxygen atoms in total. The van der Waals surface area contributed by atoms with Crippen LogP contribution in [0, 0.1) is 0 Å². The average molecular weight is 232 g/mol. The van der Waals surface area contributed by atoms with Crippen molar-refractivity contribution in [2.45, 2.75) is 32.3 Å². The number of benzene rings is 1. The van der Waals surface area contributed by atoms with Crippen LogP contribution in [0.2, 0.25) is 0 Å². The van der Waals surface area contributed by atoms with Crippen LogP contribution in [0.5, 0.6) is 11.5 Å². The Bertz CT molecular complexity index is 486. The second-order valence-corrected chi connectivity index (χ2v) is 4.93. The van der Waals surface area contributed by atoms with Gasteiger partial charge >= 0.3 is 0 Å². The normalized spacial score (nSPS) is 17.2. The summed E-state index contributed by atoms with van der Waals surface area (Å²) in [5, 5.41) is 9.82. The van der Waals surface area contributed by atoms with E-state index in [4.69, 9.17) is 4.74 Å². The highest BCUT2D eigenvalue weighted by Gasteiger charge is 2.33. The van der Waals surface area contributed by atoms with Crippen LogP contribution in [0.25, 0.3) is 0 Å². The van der Waals surface area contributed by atoms with Crippen molar-refractivity contribution in [3.8, 4) is 11.5 Å². The minimum Gasteiger partial charge on any atom is -0.508 e. The molecule has 0 radical (unpaired) electrons. The monoisotopic (exact) mass is 232 g/mol.